The number of carbonyl (C=O) groups excluding carboxylic acids is 1. The van der Waals surface area contributed by atoms with Crippen molar-refractivity contribution in [3.63, 3.8) is 0 Å². The van der Waals surface area contributed by atoms with Gasteiger partial charge in [-0.2, -0.15) is 0 Å². The molecule has 1 saturated heterocycles. The zero-order chi connectivity index (χ0) is 18.4. The van der Waals surface area contributed by atoms with Crippen molar-refractivity contribution in [2.75, 3.05) is 13.1 Å². The van der Waals surface area contributed by atoms with Gasteiger partial charge in [0.05, 0.1) is 6.42 Å². The second-order valence-corrected chi connectivity index (χ2v) is 8.93. The van der Waals surface area contributed by atoms with Crippen LogP contribution in [0.3, 0.4) is 0 Å². The number of carbonyl (C=O) groups is 1. The Labute approximate surface area is 160 Å². The van der Waals surface area contributed by atoms with Gasteiger partial charge in [-0.25, -0.2) is 0 Å². The van der Waals surface area contributed by atoms with Crippen LogP contribution in [-0.2, 0) is 17.8 Å². The van der Waals surface area contributed by atoms with E-state index in [9.17, 15) is 4.79 Å². The number of likely N-dealkylation sites (tertiary alicyclic amines) is 1. The first-order valence-electron chi connectivity index (χ1n) is 10.3. The normalized spacial score (nSPS) is 23.6. The van der Waals surface area contributed by atoms with Gasteiger partial charge in [0.2, 0.25) is 5.91 Å². The molecule has 3 fully saturated rings. The van der Waals surface area contributed by atoms with Gasteiger partial charge in [-0.05, 0) is 55.1 Å². The lowest BCUT2D eigenvalue weighted by atomic mass is 9.62. The molecule has 2 saturated carbocycles. The molecule has 1 amide bonds. The van der Waals surface area contributed by atoms with Gasteiger partial charge in [-0.1, -0.05) is 30.7 Å². The number of amides is 1. The summed E-state index contributed by atoms with van der Waals surface area (Å²) in [5.74, 6) is 2.52. The van der Waals surface area contributed by atoms with Crippen LogP contribution in [0.15, 0.2) is 30.6 Å². The zero-order valence-electron chi connectivity index (χ0n) is 16.1. The summed E-state index contributed by atoms with van der Waals surface area (Å²) in [7, 11) is 0. The first-order chi connectivity index (χ1) is 13.1. The standard InChI is InChI=1S/C22H28N4O/c1-16-5-2-3-6-18(16)11-20(27)25-13-19(22(14-25)9-4-10-22)21-24-23-15-26(21)12-17-7-8-17/h2-3,5-6,15,17,19H,4,7-14H2,1H3. The van der Waals surface area contributed by atoms with Crippen LogP contribution in [0.1, 0.15) is 55.0 Å². The lowest BCUT2D eigenvalue weighted by Gasteiger charge is -2.42. The second kappa shape index (κ2) is 6.47. The van der Waals surface area contributed by atoms with Crippen molar-refractivity contribution >= 4 is 5.91 Å². The number of nitrogens with zero attached hydrogens (tertiary/aromatic N) is 4. The molecule has 5 rings (SSSR count). The van der Waals surface area contributed by atoms with Crippen molar-refractivity contribution in [2.45, 2.75) is 57.9 Å². The molecule has 1 aromatic carbocycles. The van der Waals surface area contributed by atoms with Crippen LogP contribution in [-0.4, -0.2) is 38.7 Å². The maximum absolute atomic E-state index is 13.1. The summed E-state index contributed by atoms with van der Waals surface area (Å²) in [5.41, 5.74) is 2.57. The van der Waals surface area contributed by atoms with Gasteiger partial charge in [0.25, 0.3) is 0 Å². The van der Waals surface area contributed by atoms with Crippen LogP contribution in [0.5, 0.6) is 0 Å². The molecule has 1 unspecified atom stereocenters. The minimum atomic E-state index is 0.232. The van der Waals surface area contributed by atoms with E-state index in [2.05, 4.69) is 38.7 Å². The maximum atomic E-state index is 13.1. The Bertz CT molecular complexity index is 850. The van der Waals surface area contributed by atoms with Gasteiger partial charge in [0, 0.05) is 25.6 Å². The van der Waals surface area contributed by atoms with Gasteiger partial charge in [-0.15, -0.1) is 10.2 Å². The van der Waals surface area contributed by atoms with E-state index >= 15 is 0 Å². The van der Waals surface area contributed by atoms with Crippen molar-refractivity contribution in [3.8, 4) is 0 Å². The summed E-state index contributed by atoms with van der Waals surface area (Å²) in [5, 5.41) is 8.75. The Morgan fingerprint density at radius 3 is 2.78 bits per heavy atom. The smallest absolute Gasteiger partial charge is 0.227 e. The molecule has 2 heterocycles. The Balaban J connectivity index is 1.36. The minimum absolute atomic E-state index is 0.232. The Morgan fingerprint density at radius 2 is 2.07 bits per heavy atom. The van der Waals surface area contributed by atoms with E-state index in [4.69, 9.17) is 0 Å². The molecule has 5 nitrogen and oxygen atoms in total. The van der Waals surface area contributed by atoms with Crippen LogP contribution >= 0.6 is 0 Å². The molecule has 5 heteroatoms. The topological polar surface area (TPSA) is 51.0 Å². The highest BCUT2D eigenvalue weighted by molar-refractivity contribution is 5.79. The van der Waals surface area contributed by atoms with E-state index in [0.29, 0.717) is 12.3 Å². The van der Waals surface area contributed by atoms with Crippen LogP contribution in [0.2, 0.25) is 0 Å². The fourth-order valence-electron chi connectivity index (χ4n) is 4.99. The Morgan fingerprint density at radius 1 is 1.26 bits per heavy atom. The van der Waals surface area contributed by atoms with Gasteiger partial charge >= 0.3 is 0 Å². The molecule has 3 aliphatic rings. The number of rotatable bonds is 5. The van der Waals surface area contributed by atoms with Crippen LogP contribution in [0.25, 0.3) is 0 Å². The highest BCUT2D eigenvalue weighted by Crippen LogP contribution is 2.55. The molecule has 1 aromatic heterocycles. The lowest BCUT2D eigenvalue weighted by molar-refractivity contribution is -0.130. The number of aromatic nitrogens is 3. The lowest BCUT2D eigenvalue weighted by Crippen LogP contribution is -2.38. The maximum Gasteiger partial charge on any atom is 0.227 e. The van der Waals surface area contributed by atoms with Gasteiger partial charge in [0.1, 0.15) is 12.2 Å². The molecule has 0 N–H and O–H groups in total. The molecule has 2 aromatic rings. The van der Waals surface area contributed by atoms with Crippen molar-refractivity contribution in [1.29, 1.82) is 0 Å². The van der Waals surface area contributed by atoms with E-state index in [1.165, 1.54) is 37.7 Å². The predicted molar refractivity (Wildman–Crippen MR) is 103 cm³/mol. The third-order valence-corrected chi connectivity index (χ3v) is 7.06. The van der Waals surface area contributed by atoms with Crippen LogP contribution < -0.4 is 0 Å². The van der Waals surface area contributed by atoms with E-state index in [1.54, 1.807) is 0 Å². The molecule has 0 radical (unpaired) electrons. The summed E-state index contributed by atoms with van der Waals surface area (Å²) in [6, 6.07) is 8.22. The fourth-order valence-corrected chi connectivity index (χ4v) is 4.99. The summed E-state index contributed by atoms with van der Waals surface area (Å²) in [6.07, 6.45) is 8.75. The fraction of sp³-hybridized carbons (Fsp3) is 0.591. The highest BCUT2D eigenvalue weighted by atomic mass is 16.2. The van der Waals surface area contributed by atoms with E-state index < -0.39 is 0 Å². The first-order valence-corrected chi connectivity index (χ1v) is 10.3. The molecule has 27 heavy (non-hydrogen) atoms. The molecule has 2 aliphatic carbocycles. The second-order valence-electron chi connectivity index (χ2n) is 8.93. The molecular weight excluding hydrogens is 336 g/mol. The van der Waals surface area contributed by atoms with Crippen molar-refractivity contribution in [3.05, 3.63) is 47.5 Å². The average molecular weight is 364 g/mol. The third kappa shape index (κ3) is 3.07. The summed E-state index contributed by atoms with van der Waals surface area (Å²) >= 11 is 0. The number of hydrogen-bond acceptors (Lipinski definition) is 3. The van der Waals surface area contributed by atoms with Crippen molar-refractivity contribution in [2.24, 2.45) is 11.3 Å². The Hall–Kier alpha value is -2.17. The van der Waals surface area contributed by atoms with E-state index in [-0.39, 0.29) is 11.3 Å². The Kier molecular flexibility index (Phi) is 4.06. The monoisotopic (exact) mass is 364 g/mol. The van der Waals surface area contributed by atoms with Crippen molar-refractivity contribution in [1.82, 2.24) is 19.7 Å². The molecule has 1 aliphatic heterocycles. The van der Waals surface area contributed by atoms with E-state index in [0.717, 1.165) is 36.9 Å². The van der Waals surface area contributed by atoms with Crippen LogP contribution in [0.4, 0.5) is 0 Å². The third-order valence-electron chi connectivity index (χ3n) is 7.06. The predicted octanol–water partition coefficient (Wildman–Crippen LogP) is 3.34. The largest absolute Gasteiger partial charge is 0.341 e. The quantitative estimate of drug-likeness (QED) is 0.818. The van der Waals surface area contributed by atoms with Gasteiger partial charge in [-0.3, -0.25) is 4.79 Å². The molecular formula is C22H28N4O. The molecule has 142 valence electrons. The summed E-state index contributed by atoms with van der Waals surface area (Å²) < 4.78 is 2.28. The molecule has 1 atom stereocenters. The molecule has 1 spiro atoms. The zero-order valence-corrected chi connectivity index (χ0v) is 16.1. The number of hydrogen-bond donors (Lipinski definition) is 0. The van der Waals surface area contributed by atoms with Crippen molar-refractivity contribution < 1.29 is 4.79 Å². The number of aryl methyl sites for hydroxylation is 1. The summed E-state index contributed by atoms with van der Waals surface area (Å²) in [4.78, 5) is 15.2. The summed E-state index contributed by atoms with van der Waals surface area (Å²) in [6.45, 7) is 4.82. The molecule has 0 bridgehead atoms. The first kappa shape index (κ1) is 17.0. The minimum Gasteiger partial charge on any atom is -0.341 e. The highest BCUT2D eigenvalue weighted by Gasteiger charge is 2.53. The van der Waals surface area contributed by atoms with Gasteiger partial charge < -0.3 is 9.47 Å². The van der Waals surface area contributed by atoms with Crippen LogP contribution in [0, 0.1) is 18.3 Å². The van der Waals surface area contributed by atoms with Gasteiger partial charge in [0.15, 0.2) is 0 Å². The van der Waals surface area contributed by atoms with E-state index in [1.807, 2.05) is 18.5 Å². The SMILES string of the molecule is Cc1ccccc1CC(=O)N1CC(c2nncn2CC2CC2)C2(CCC2)C1. The average Bonchev–Trinajstić information content (AvgIpc) is 3.16. The number of benzene rings is 1.